The van der Waals surface area contributed by atoms with Crippen LogP contribution in [0.1, 0.15) is 60.7 Å². The molecular weight excluding hydrogens is 334 g/mol. The van der Waals surface area contributed by atoms with Crippen molar-refractivity contribution in [1.82, 2.24) is 5.32 Å². The predicted octanol–water partition coefficient (Wildman–Crippen LogP) is 3.93. The van der Waals surface area contributed by atoms with Crippen LogP contribution in [0.5, 0.6) is 0 Å². The molecule has 25 heavy (non-hydrogen) atoms. The van der Waals surface area contributed by atoms with Crippen LogP contribution in [-0.4, -0.2) is 24.5 Å². The molecular formula is C20H27NO3S. The van der Waals surface area contributed by atoms with Crippen molar-refractivity contribution in [1.29, 1.82) is 0 Å². The molecule has 4 aliphatic carbocycles. The van der Waals surface area contributed by atoms with Crippen LogP contribution in [0.4, 0.5) is 0 Å². The summed E-state index contributed by atoms with van der Waals surface area (Å²) in [5.74, 6) is 2.02. The molecule has 1 N–H and O–H groups in total. The molecule has 0 aromatic carbocycles. The maximum atomic E-state index is 12.3. The maximum absolute atomic E-state index is 12.3. The lowest BCUT2D eigenvalue weighted by Gasteiger charge is -2.59. The van der Waals surface area contributed by atoms with E-state index in [4.69, 9.17) is 4.74 Å². The monoisotopic (exact) mass is 361 g/mol. The number of aryl methyl sites for hydroxylation is 1. The van der Waals surface area contributed by atoms with Gasteiger partial charge in [-0.25, -0.2) is 4.79 Å². The molecule has 1 atom stereocenters. The van der Waals surface area contributed by atoms with E-state index in [0.29, 0.717) is 4.88 Å². The fourth-order valence-electron chi connectivity index (χ4n) is 5.92. The van der Waals surface area contributed by atoms with Crippen LogP contribution in [-0.2, 0) is 9.53 Å². The first kappa shape index (κ1) is 17.1. The van der Waals surface area contributed by atoms with E-state index in [0.717, 1.165) is 23.3 Å². The number of hydrogen-bond donors (Lipinski definition) is 1. The Morgan fingerprint density at radius 3 is 2.36 bits per heavy atom. The molecule has 136 valence electrons. The molecule has 1 aromatic heterocycles. The van der Waals surface area contributed by atoms with Gasteiger partial charge in [-0.3, -0.25) is 4.79 Å². The highest BCUT2D eigenvalue weighted by atomic mass is 32.1. The summed E-state index contributed by atoms with van der Waals surface area (Å²) >= 11 is 1.36. The first-order valence-corrected chi connectivity index (χ1v) is 10.3. The van der Waals surface area contributed by atoms with E-state index in [2.05, 4.69) is 12.2 Å². The molecule has 0 saturated heterocycles. The van der Waals surface area contributed by atoms with Gasteiger partial charge < -0.3 is 10.1 Å². The molecule has 0 aliphatic heterocycles. The molecule has 0 unspecified atom stereocenters. The van der Waals surface area contributed by atoms with E-state index < -0.39 is 5.97 Å². The summed E-state index contributed by atoms with van der Waals surface area (Å²) in [5, 5.41) is 5.00. The van der Waals surface area contributed by atoms with Gasteiger partial charge >= 0.3 is 5.97 Å². The van der Waals surface area contributed by atoms with Crippen molar-refractivity contribution in [2.75, 3.05) is 6.61 Å². The van der Waals surface area contributed by atoms with Gasteiger partial charge in [0.15, 0.2) is 6.61 Å². The van der Waals surface area contributed by atoms with Gasteiger partial charge in [0.25, 0.3) is 5.91 Å². The van der Waals surface area contributed by atoms with E-state index in [1.165, 1.54) is 49.9 Å². The zero-order valence-corrected chi connectivity index (χ0v) is 15.9. The van der Waals surface area contributed by atoms with Crippen molar-refractivity contribution in [2.45, 2.75) is 58.4 Å². The van der Waals surface area contributed by atoms with Gasteiger partial charge in [0.05, 0.1) is 0 Å². The van der Waals surface area contributed by atoms with Crippen LogP contribution in [0.2, 0.25) is 0 Å². The van der Waals surface area contributed by atoms with Crippen LogP contribution in [0.3, 0.4) is 0 Å². The van der Waals surface area contributed by atoms with E-state index >= 15 is 0 Å². The Morgan fingerprint density at radius 1 is 1.24 bits per heavy atom. The fraction of sp³-hybridized carbons (Fsp3) is 0.700. The largest absolute Gasteiger partial charge is 0.451 e. The quantitative estimate of drug-likeness (QED) is 0.809. The molecule has 1 aromatic rings. The second-order valence-electron chi connectivity index (χ2n) is 8.58. The Morgan fingerprint density at radius 2 is 1.84 bits per heavy atom. The van der Waals surface area contributed by atoms with Gasteiger partial charge in [-0.05, 0) is 92.6 Å². The highest BCUT2D eigenvalue weighted by molar-refractivity contribution is 7.12. The van der Waals surface area contributed by atoms with Crippen molar-refractivity contribution in [3.05, 3.63) is 21.9 Å². The third kappa shape index (κ3) is 3.23. The molecule has 4 nitrogen and oxygen atoms in total. The number of carbonyl (C=O) groups excluding carboxylic acids is 2. The number of nitrogens with one attached hydrogen (secondary N) is 1. The van der Waals surface area contributed by atoms with E-state index in [-0.39, 0.29) is 24.0 Å². The van der Waals surface area contributed by atoms with Gasteiger partial charge in [0.1, 0.15) is 4.88 Å². The highest BCUT2D eigenvalue weighted by Crippen LogP contribution is 2.61. The van der Waals surface area contributed by atoms with Crippen LogP contribution in [0, 0.1) is 30.1 Å². The van der Waals surface area contributed by atoms with Crippen LogP contribution in [0.25, 0.3) is 0 Å². The highest BCUT2D eigenvalue weighted by Gasteiger charge is 2.53. The lowest BCUT2D eigenvalue weighted by atomic mass is 9.48. The zero-order valence-electron chi connectivity index (χ0n) is 15.0. The van der Waals surface area contributed by atoms with Crippen LogP contribution >= 0.6 is 11.3 Å². The van der Waals surface area contributed by atoms with Gasteiger partial charge in [0.2, 0.25) is 0 Å². The second kappa shape index (κ2) is 6.42. The average molecular weight is 362 g/mol. The summed E-state index contributed by atoms with van der Waals surface area (Å²) in [4.78, 5) is 25.0. The average Bonchev–Trinajstić information content (AvgIpc) is 2.97. The summed E-state index contributed by atoms with van der Waals surface area (Å²) in [6.45, 7) is 3.84. The Hall–Kier alpha value is -1.36. The van der Waals surface area contributed by atoms with Crippen molar-refractivity contribution < 1.29 is 14.3 Å². The molecule has 4 aliphatic rings. The van der Waals surface area contributed by atoms with E-state index in [9.17, 15) is 9.59 Å². The minimum absolute atomic E-state index is 0.163. The lowest BCUT2D eigenvalue weighted by Crippen LogP contribution is -2.56. The molecule has 5 heteroatoms. The van der Waals surface area contributed by atoms with Crippen molar-refractivity contribution in [3.63, 3.8) is 0 Å². The molecule has 1 heterocycles. The summed E-state index contributed by atoms with van der Waals surface area (Å²) < 4.78 is 5.21. The fourth-order valence-corrected chi connectivity index (χ4v) is 6.74. The lowest BCUT2D eigenvalue weighted by molar-refractivity contribution is -0.128. The number of hydrogen-bond acceptors (Lipinski definition) is 4. The number of rotatable bonds is 5. The van der Waals surface area contributed by atoms with Crippen molar-refractivity contribution >= 4 is 23.2 Å². The van der Waals surface area contributed by atoms with Gasteiger partial charge in [0, 0.05) is 6.04 Å². The molecule has 1 amide bonds. The van der Waals surface area contributed by atoms with Gasteiger partial charge in [-0.15, -0.1) is 11.3 Å². The number of esters is 1. The Labute approximate surface area is 153 Å². The third-order valence-electron chi connectivity index (χ3n) is 6.76. The normalized spacial score (nSPS) is 33.9. The third-order valence-corrected chi connectivity index (χ3v) is 7.76. The molecule has 5 rings (SSSR count). The van der Waals surface area contributed by atoms with Crippen LogP contribution < -0.4 is 5.32 Å². The molecule has 4 saturated carbocycles. The minimum atomic E-state index is -0.398. The Balaban J connectivity index is 1.32. The predicted molar refractivity (Wildman–Crippen MR) is 97.5 cm³/mol. The smallest absolute Gasteiger partial charge is 0.349 e. The number of amides is 1. The molecule has 4 fully saturated rings. The SMILES string of the molecule is Cc1ccsc1C(=O)OCC(=O)N[C@H](C)C12CC3CC(CC(C3)C1)C2. The minimum Gasteiger partial charge on any atom is -0.451 e. The topological polar surface area (TPSA) is 55.4 Å². The molecule has 0 radical (unpaired) electrons. The van der Waals surface area contributed by atoms with Gasteiger partial charge in [-0.2, -0.15) is 0 Å². The standard InChI is InChI=1S/C20H27NO3S/c1-12-3-4-25-18(12)19(23)24-11-17(22)21-13(2)20-8-14-5-15(9-20)7-16(6-14)10-20/h3-4,13-16H,5-11H2,1-2H3,(H,21,22)/t13-,14?,15?,16?,20?/m1/s1. The second-order valence-corrected chi connectivity index (χ2v) is 9.49. The number of thiophene rings is 1. The summed E-state index contributed by atoms with van der Waals surface area (Å²) in [6.07, 6.45) is 7.98. The van der Waals surface area contributed by atoms with E-state index in [1.54, 1.807) is 0 Å². The first-order chi connectivity index (χ1) is 11.9. The van der Waals surface area contributed by atoms with Gasteiger partial charge in [-0.1, -0.05) is 0 Å². The van der Waals surface area contributed by atoms with Crippen LogP contribution in [0.15, 0.2) is 11.4 Å². The zero-order chi connectivity index (χ0) is 17.6. The molecule has 0 spiro atoms. The Kier molecular flexibility index (Phi) is 4.38. The molecule has 4 bridgehead atoms. The Bertz CT molecular complexity index is 645. The van der Waals surface area contributed by atoms with Crippen molar-refractivity contribution in [3.8, 4) is 0 Å². The summed E-state index contributed by atoms with van der Waals surface area (Å²) in [5.41, 5.74) is 1.18. The number of carbonyl (C=O) groups is 2. The number of ether oxygens (including phenoxy) is 1. The maximum Gasteiger partial charge on any atom is 0.349 e. The first-order valence-electron chi connectivity index (χ1n) is 9.46. The van der Waals surface area contributed by atoms with Crippen molar-refractivity contribution in [2.24, 2.45) is 23.2 Å². The summed E-state index contributed by atoms with van der Waals surface area (Å²) in [7, 11) is 0. The summed E-state index contributed by atoms with van der Waals surface area (Å²) in [6, 6.07) is 2.05. The van der Waals surface area contributed by atoms with E-state index in [1.807, 2.05) is 18.4 Å².